The lowest BCUT2D eigenvalue weighted by molar-refractivity contribution is -0.137. The number of aromatic nitrogens is 3. The van der Waals surface area contributed by atoms with Gasteiger partial charge in [-0.2, -0.15) is 13.2 Å². The molecule has 0 saturated carbocycles. The Kier molecular flexibility index (Phi) is 10.1. The molecule has 1 aliphatic rings. The zero-order valence-corrected chi connectivity index (χ0v) is 25.7. The Morgan fingerprint density at radius 1 is 1.02 bits per heavy atom. The van der Waals surface area contributed by atoms with Crippen molar-refractivity contribution in [2.24, 2.45) is 0 Å². The van der Waals surface area contributed by atoms with Gasteiger partial charge in [0.2, 0.25) is 5.91 Å². The van der Waals surface area contributed by atoms with E-state index in [-0.39, 0.29) is 48.9 Å². The molecule has 1 fully saturated rings. The van der Waals surface area contributed by atoms with Crippen molar-refractivity contribution in [1.29, 1.82) is 0 Å². The highest BCUT2D eigenvalue weighted by molar-refractivity contribution is 6.12. The summed E-state index contributed by atoms with van der Waals surface area (Å²) in [6.45, 7) is 6.27. The second-order valence-electron chi connectivity index (χ2n) is 11.7. The van der Waals surface area contributed by atoms with Crippen molar-refractivity contribution < 1.29 is 37.0 Å². The lowest BCUT2D eigenvalue weighted by atomic mass is 10.1. The third kappa shape index (κ3) is 9.01. The van der Waals surface area contributed by atoms with Crippen molar-refractivity contribution in [1.82, 2.24) is 19.9 Å². The summed E-state index contributed by atoms with van der Waals surface area (Å²) in [6, 6.07) is 8.33. The van der Waals surface area contributed by atoms with Crippen LogP contribution in [0.1, 0.15) is 48.8 Å². The number of carbonyl (C=O) groups is 3. The molecule has 1 aliphatic heterocycles. The maximum atomic E-state index is 14.3. The summed E-state index contributed by atoms with van der Waals surface area (Å²) in [4.78, 5) is 42.3. The molecular weight excluding hydrogens is 595 g/mol. The summed E-state index contributed by atoms with van der Waals surface area (Å²) in [5.41, 5.74) is -1.05. The summed E-state index contributed by atoms with van der Waals surface area (Å²) < 4.78 is 55.0. The Bertz CT molecular complexity index is 1540. The molecule has 2 aromatic carbocycles. The number of halogens is 3. The van der Waals surface area contributed by atoms with Gasteiger partial charge in [-0.1, -0.05) is 17.3 Å². The van der Waals surface area contributed by atoms with E-state index in [9.17, 15) is 27.6 Å². The zero-order valence-electron chi connectivity index (χ0n) is 25.7. The average Bonchev–Trinajstić information content (AvgIpc) is 3.40. The summed E-state index contributed by atoms with van der Waals surface area (Å²) in [5, 5.41) is 12.9. The van der Waals surface area contributed by atoms with E-state index in [0.29, 0.717) is 12.2 Å². The summed E-state index contributed by atoms with van der Waals surface area (Å²) in [7, 11) is 3.77. The molecule has 12 nitrogen and oxygen atoms in total. The van der Waals surface area contributed by atoms with Gasteiger partial charge in [-0.05, 0) is 59.1 Å². The third-order valence-corrected chi connectivity index (χ3v) is 6.53. The Balaban J connectivity index is 1.61. The molecule has 2 heterocycles. The van der Waals surface area contributed by atoms with Crippen molar-refractivity contribution in [3.05, 3.63) is 59.4 Å². The Morgan fingerprint density at radius 3 is 2.36 bits per heavy atom. The van der Waals surface area contributed by atoms with E-state index in [4.69, 9.17) is 9.47 Å². The first-order chi connectivity index (χ1) is 21.1. The topological polar surface area (TPSA) is 131 Å². The fourth-order valence-electron chi connectivity index (χ4n) is 4.66. The molecule has 1 saturated heterocycles. The zero-order chi connectivity index (χ0) is 32.9. The average molecular weight is 632 g/mol. The number of morpholine rings is 1. The minimum absolute atomic E-state index is 0.124. The highest BCUT2D eigenvalue weighted by Gasteiger charge is 2.37. The number of hydrogen-bond acceptors (Lipinski definition) is 9. The molecule has 0 radical (unpaired) electrons. The van der Waals surface area contributed by atoms with Crippen LogP contribution in [0.15, 0.2) is 42.6 Å². The highest BCUT2D eigenvalue weighted by Crippen LogP contribution is 2.42. The van der Waals surface area contributed by atoms with Crippen LogP contribution >= 0.6 is 0 Å². The summed E-state index contributed by atoms with van der Waals surface area (Å²) >= 11 is 0. The molecule has 15 heteroatoms. The second-order valence-corrected chi connectivity index (χ2v) is 11.7. The molecule has 2 N–H and O–H groups in total. The van der Waals surface area contributed by atoms with Gasteiger partial charge in [-0.25, -0.2) is 9.48 Å². The predicted octanol–water partition coefficient (Wildman–Crippen LogP) is 4.74. The van der Waals surface area contributed by atoms with Crippen molar-refractivity contribution in [3.63, 3.8) is 0 Å². The van der Waals surface area contributed by atoms with Crippen LogP contribution in [0, 0.1) is 0 Å². The maximum Gasteiger partial charge on any atom is 0.418 e. The van der Waals surface area contributed by atoms with Crippen molar-refractivity contribution in [2.75, 3.05) is 55.9 Å². The fraction of sp³-hybridized carbons (Fsp3) is 0.433. The van der Waals surface area contributed by atoms with Gasteiger partial charge in [0, 0.05) is 25.2 Å². The number of nitrogens with zero attached hydrogens (tertiary/aromatic N) is 5. The molecule has 1 aromatic heterocycles. The van der Waals surface area contributed by atoms with Gasteiger partial charge in [0.15, 0.2) is 5.78 Å². The molecule has 0 spiro atoms. The number of benzene rings is 2. The number of ketones is 1. The second kappa shape index (κ2) is 13.6. The van der Waals surface area contributed by atoms with Crippen LogP contribution in [0.2, 0.25) is 0 Å². The van der Waals surface area contributed by atoms with E-state index < -0.39 is 41.5 Å². The molecule has 0 aliphatic carbocycles. The highest BCUT2D eigenvalue weighted by atomic mass is 19.4. The quantitative estimate of drug-likeness (QED) is 0.254. The molecule has 2 amide bonds. The van der Waals surface area contributed by atoms with Crippen molar-refractivity contribution in [2.45, 2.75) is 45.5 Å². The van der Waals surface area contributed by atoms with Crippen LogP contribution < -0.4 is 15.5 Å². The van der Waals surface area contributed by atoms with Crippen LogP contribution in [0.25, 0.3) is 5.69 Å². The largest absolute Gasteiger partial charge is 0.444 e. The predicted molar refractivity (Wildman–Crippen MR) is 161 cm³/mol. The number of amides is 2. The van der Waals surface area contributed by atoms with Crippen LogP contribution in [0.3, 0.4) is 0 Å². The van der Waals surface area contributed by atoms with Gasteiger partial charge < -0.3 is 24.6 Å². The SMILES string of the molecule is CN(C)Cc1cnnn1-c1cccc(C(=O)CC(=O)Nc2cc(C(F)(F)F)c(N3CCOCC3)cc2NC(=O)OC(C)(C)C)c1. The molecule has 0 unspecified atom stereocenters. The lowest BCUT2D eigenvalue weighted by Crippen LogP contribution is -2.37. The van der Waals surface area contributed by atoms with Gasteiger partial charge in [0.25, 0.3) is 0 Å². The van der Waals surface area contributed by atoms with Gasteiger partial charge in [0.1, 0.15) is 5.60 Å². The molecule has 0 atom stereocenters. The number of carbonyl (C=O) groups excluding carboxylic acids is 3. The first kappa shape index (κ1) is 33.4. The van der Waals surface area contributed by atoms with Crippen LogP contribution in [-0.4, -0.2) is 83.7 Å². The van der Waals surface area contributed by atoms with Crippen LogP contribution in [0.5, 0.6) is 0 Å². The fourth-order valence-corrected chi connectivity index (χ4v) is 4.66. The van der Waals surface area contributed by atoms with Crippen molar-refractivity contribution >= 4 is 34.8 Å². The van der Waals surface area contributed by atoms with E-state index in [1.807, 2.05) is 19.0 Å². The monoisotopic (exact) mass is 631 g/mol. The summed E-state index contributed by atoms with van der Waals surface area (Å²) in [5.74, 6) is -1.45. The number of anilines is 3. The molecule has 0 bridgehead atoms. The summed E-state index contributed by atoms with van der Waals surface area (Å²) in [6.07, 6.45) is -4.80. The smallest absolute Gasteiger partial charge is 0.418 e. The molecule has 242 valence electrons. The van der Waals surface area contributed by atoms with Gasteiger partial charge in [-0.3, -0.25) is 14.9 Å². The molecule has 45 heavy (non-hydrogen) atoms. The van der Waals surface area contributed by atoms with E-state index in [1.165, 1.54) is 11.0 Å². The van der Waals surface area contributed by atoms with Crippen molar-refractivity contribution in [3.8, 4) is 5.69 Å². The first-order valence-corrected chi connectivity index (χ1v) is 14.2. The standard InChI is InChI=1S/C30H36F3N7O5/c1-29(2,3)45-28(43)36-24-15-25(39-9-11-44-12-10-39)22(30(31,32)33)14-23(24)35-27(42)16-26(41)19-7-6-8-20(13-19)40-21(17-34-37-40)18-38(4)5/h6-8,13-15,17H,9-12,16,18H2,1-5H3,(H,35,42)(H,36,43). The van der Waals surface area contributed by atoms with Crippen LogP contribution in [0.4, 0.5) is 35.0 Å². The number of Topliss-reactive ketones (excluding diaryl/α,β-unsaturated/α-hetero) is 1. The molecule has 4 rings (SSSR count). The Hall–Kier alpha value is -4.50. The number of ether oxygens (including phenoxy) is 2. The number of alkyl halides is 3. The molecular formula is C30H36F3N7O5. The maximum absolute atomic E-state index is 14.3. The number of nitrogens with one attached hydrogen (secondary N) is 2. The molecule has 3 aromatic rings. The van der Waals surface area contributed by atoms with E-state index in [1.54, 1.807) is 49.8 Å². The Labute approximate surface area is 258 Å². The minimum atomic E-state index is -4.79. The van der Waals surface area contributed by atoms with E-state index in [0.717, 1.165) is 17.8 Å². The van der Waals surface area contributed by atoms with E-state index in [2.05, 4.69) is 20.9 Å². The van der Waals surface area contributed by atoms with Gasteiger partial charge >= 0.3 is 12.3 Å². The minimum Gasteiger partial charge on any atom is -0.444 e. The number of rotatable bonds is 9. The van der Waals surface area contributed by atoms with Gasteiger partial charge in [-0.15, -0.1) is 5.10 Å². The normalized spacial score (nSPS) is 13.9. The van der Waals surface area contributed by atoms with Gasteiger partial charge in [0.05, 0.1) is 59.8 Å². The third-order valence-electron chi connectivity index (χ3n) is 6.53. The first-order valence-electron chi connectivity index (χ1n) is 14.2. The van der Waals surface area contributed by atoms with Crippen LogP contribution in [-0.2, 0) is 27.0 Å². The van der Waals surface area contributed by atoms with E-state index >= 15 is 0 Å². The lowest BCUT2D eigenvalue weighted by Gasteiger charge is -2.32. The number of hydrogen-bond donors (Lipinski definition) is 2. The Morgan fingerprint density at radius 2 is 1.71 bits per heavy atom.